The van der Waals surface area contributed by atoms with Crippen molar-refractivity contribution >= 4 is 34.3 Å². The standard InChI is InChI=1S/C27H23N3O6/c1-2-35-26(33)21-14-8-9-15-22(21)28-23(31)17-36-27(34)24-19-12-6-7-13-20(19)25(32)30(29-24)16-18-10-4-3-5-11-18/h3-15H,2,16-17H2,1H3,(H,28,31). The average molecular weight is 485 g/mol. The van der Waals surface area contributed by atoms with Gasteiger partial charge in [0.2, 0.25) is 0 Å². The first-order valence-corrected chi connectivity index (χ1v) is 11.2. The molecule has 0 aliphatic heterocycles. The summed E-state index contributed by atoms with van der Waals surface area (Å²) in [6.07, 6.45) is 0. The number of aromatic nitrogens is 2. The molecule has 9 heteroatoms. The predicted molar refractivity (Wildman–Crippen MR) is 133 cm³/mol. The second-order valence-corrected chi connectivity index (χ2v) is 7.73. The van der Waals surface area contributed by atoms with Crippen LogP contribution in [0, 0.1) is 0 Å². The van der Waals surface area contributed by atoms with Gasteiger partial charge in [0.25, 0.3) is 11.5 Å². The number of anilines is 1. The summed E-state index contributed by atoms with van der Waals surface area (Å²) in [5, 5.41) is 7.44. The van der Waals surface area contributed by atoms with Gasteiger partial charge in [0, 0.05) is 5.39 Å². The van der Waals surface area contributed by atoms with E-state index in [1.165, 1.54) is 10.7 Å². The number of carbonyl (C=O) groups excluding carboxylic acids is 3. The van der Waals surface area contributed by atoms with E-state index in [4.69, 9.17) is 9.47 Å². The lowest BCUT2D eigenvalue weighted by Gasteiger charge is -2.12. The Morgan fingerprint density at radius 1 is 0.833 bits per heavy atom. The highest BCUT2D eigenvalue weighted by Crippen LogP contribution is 2.17. The van der Waals surface area contributed by atoms with E-state index in [1.54, 1.807) is 49.4 Å². The fraction of sp³-hybridized carbons (Fsp3) is 0.148. The van der Waals surface area contributed by atoms with Crippen molar-refractivity contribution in [2.45, 2.75) is 13.5 Å². The summed E-state index contributed by atoms with van der Waals surface area (Å²) < 4.78 is 11.4. The molecule has 182 valence electrons. The molecule has 0 atom stereocenters. The summed E-state index contributed by atoms with van der Waals surface area (Å²) >= 11 is 0. The molecule has 0 aliphatic rings. The van der Waals surface area contributed by atoms with Crippen molar-refractivity contribution in [1.29, 1.82) is 0 Å². The van der Waals surface area contributed by atoms with E-state index < -0.39 is 24.5 Å². The number of hydrogen-bond acceptors (Lipinski definition) is 7. The van der Waals surface area contributed by atoms with Crippen LogP contribution in [-0.2, 0) is 20.8 Å². The molecular formula is C27H23N3O6. The second-order valence-electron chi connectivity index (χ2n) is 7.73. The minimum absolute atomic E-state index is 0.0825. The zero-order chi connectivity index (χ0) is 25.5. The number of amides is 1. The monoisotopic (exact) mass is 485 g/mol. The molecular weight excluding hydrogens is 462 g/mol. The zero-order valence-electron chi connectivity index (χ0n) is 19.5. The van der Waals surface area contributed by atoms with Gasteiger partial charge in [0.1, 0.15) is 0 Å². The van der Waals surface area contributed by atoms with Crippen molar-refractivity contribution in [2.75, 3.05) is 18.5 Å². The second kappa shape index (κ2) is 11.1. The summed E-state index contributed by atoms with van der Waals surface area (Å²) in [5.41, 5.74) is 0.818. The van der Waals surface area contributed by atoms with E-state index in [9.17, 15) is 19.2 Å². The van der Waals surface area contributed by atoms with E-state index in [0.717, 1.165) is 5.56 Å². The molecule has 1 amide bonds. The highest BCUT2D eigenvalue weighted by Gasteiger charge is 2.20. The van der Waals surface area contributed by atoms with Gasteiger partial charge in [-0.2, -0.15) is 5.10 Å². The van der Waals surface area contributed by atoms with E-state index >= 15 is 0 Å². The Morgan fingerprint density at radius 2 is 1.50 bits per heavy atom. The Kier molecular flexibility index (Phi) is 7.50. The van der Waals surface area contributed by atoms with E-state index in [1.807, 2.05) is 30.3 Å². The van der Waals surface area contributed by atoms with Gasteiger partial charge in [0.15, 0.2) is 12.3 Å². The van der Waals surface area contributed by atoms with Crippen LogP contribution in [0.15, 0.2) is 83.7 Å². The van der Waals surface area contributed by atoms with Crippen LogP contribution in [-0.4, -0.2) is 40.8 Å². The van der Waals surface area contributed by atoms with Crippen molar-refractivity contribution in [1.82, 2.24) is 9.78 Å². The summed E-state index contributed by atoms with van der Waals surface area (Å²) in [5.74, 6) is -2.09. The molecule has 1 N–H and O–H groups in total. The number of nitrogens with zero attached hydrogens (tertiary/aromatic N) is 2. The Labute approximate surface area is 206 Å². The van der Waals surface area contributed by atoms with Gasteiger partial charge in [-0.3, -0.25) is 9.59 Å². The van der Waals surface area contributed by atoms with Crippen LogP contribution in [0.25, 0.3) is 10.8 Å². The number of nitrogens with one attached hydrogen (secondary N) is 1. The van der Waals surface area contributed by atoms with Crippen molar-refractivity contribution in [3.8, 4) is 0 Å². The topological polar surface area (TPSA) is 117 Å². The molecule has 0 fully saturated rings. The molecule has 0 aliphatic carbocycles. The fourth-order valence-corrected chi connectivity index (χ4v) is 3.61. The SMILES string of the molecule is CCOC(=O)c1ccccc1NC(=O)COC(=O)c1nn(Cc2ccccc2)c(=O)c2ccccc12. The summed E-state index contributed by atoms with van der Waals surface area (Å²) in [4.78, 5) is 50.5. The maximum atomic E-state index is 13.0. The fourth-order valence-electron chi connectivity index (χ4n) is 3.61. The van der Waals surface area contributed by atoms with Gasteiger partial charge in [-0.25, -0.2) is 14.3 Å². The molecule has 4 aromatic rings. The summed E-state index contributed by atoms with van der Waals surface area (Å²) in [7, 11) is 0. The van der Waals surface area contributed by atoms with E-state index in [2.05, 4.69) is 10.4 Å². The molecule has 0 saturated carbocycles. The third-order valence-electron chi connectivity index (χ3n) is 5.27. The number of benzene rings is 3. The number of fused-ring (bicyclic) bond motifs is 1. The molecule has 3 aromatic carbocycles. The average Bonchev–Trinajstić information content (AvgIpc) is 2.90. The Bertz CT molecular complexity index is 1480. The van der Waals surface area contributed by atoms with Gasteiger partial charge in [-0.1, -0.05) is 60.7 Å². The number of para-hydroxylation sites is 1. The number of esters is 2. The van der Waals surface area contributed by atoms with Crippen molar-refractivity contribution in [3.05, 3.63) is 106 Å². The number of rotatable bonds is 8. The lowest BCUT2D eigenvalue weighted by Crippen LogP contribution is -2.28. The molecule has 0 saturated heterocycles. The van der Waals surface area contributed by atoms with Crippen LogP contribution in [0.3, 0.4) is 0 Å². The zero-order valence-corrected chi connectivity index (χ0v) is 19.5. The lowest BCUT2D eigenvalue weighted by molar-refractivity contribution is -0.119. The molecule has 0 radical (unpaired) electrons. The minimum Gasteiger partial charge on any atom is -0.462 e. The van der Waals surface area contributed by atoms with Gasteiger partial charge in [-0.15, -0.1) is 0 Å². The van der Waals surface area contributed by atoms with Gasteiger partial charge >= 0.3 is 11.9 Å². The summed E-state index contributed by atoms with van der Waals surface area (Å²) in [6.45, 7) is 1.41. The van der Waals surface area contributed by atoms with Gasteiger partial charge in [0.05, 0.1) is 29.8 Å². The number of ether oxygens (including phenoxy) is 2. The Hall–Kier alpha value is -4.79. The molecule has 0 unspecified atom stereocenters. The first-order valence-electron chi connectivity index (χ1n) is 11.2. The molecule has 9 nitrogen and oxygen atoms in total. The van der Waals surface area contributed by atoms with Gasteiger partial charge < -0.3 is 14.8 Å². The van der Waals surface area contributed by atoms with Crippen molar-refractivity contribution < 1.29 is 23.9 Å². The number of hydrogen-bond donors (Lipinski definition) is 1. The largest absolute Gasteiger partial charge is 0.462 e. The third-order valence-corrected chi connectivity index (χ3v) is 5.27. The smallest absolute Gasteiger partial charge is 0.359 e. The predicted octanol–water partition coefficient (Wildman–Crippen LogP) is 3.42. The van der Waals surface area contributed by atoms with Crippen LogP contribution in [0.2, 0.25) is 0 Å². The summed E-state index contributed by atoms with van der Waals surface area (Å²) in [6, 6.07) is 22.2. The molecule has 4 rings (SSSR count). The molecule has 1 heterocycles. The quantitative estimate of drug-likeness (QED) is 0.380. The third kappa shape index (κ3) is 5.47. The number of carbonyl (C=O) groups is 3. The highest BCUT2D eigenvalue weighted by molar-refractivity contribution is 6.04. The van der Waals surface area contributed by atoms with Crippen molar-refractivity contribution in [2.24, 2.45) is 0 Å². The Balaban J connectivity index is 1.53. The maximum absolute atomic E-state index is 13.0. The normalized spacial score (nSPS) is 10.6. The van der Waals surface area contributed by atoms with Crippen LogP contribution in [0.5, 0.6) is 0 Å². The Morgan fingerprint density at radius 3 is 2.25 bits per heavy atom. The van der Waals surface area contributed by atoms with E-state index in [0.29, 0.717) is 10.8 Å². The molecule has 1 aromatic heterocycles. The molecule has 0 spiro atoms. The first kappa shape index (κ1) is 24.3. The van der Waals surface area contributed by atoms with Gasteiger partial charge in [-0.05, 0) is 30.7 Å². The maximum Gasteiger partial charge on any atom is 0.359 e. The van der Waals surface area contributed by atoms with Crippen molar-refractivity contribution in [3.63, 3.8) is 0 Å². The molecule has 0 bridgehead atoms. The van der Waals surface area contributed by atoms with Crippen LogP contribution in [0.1, 0.15) is 33.3 Å². The van der Waals surface area contributed by atoms with Crippen LogP contribution in [0.4, 0.5) is 5.69 Å². The lowest BCUT2D eigenvalue weighted by atomic mass is 10.1. The highest BCUT2D eigenvalue weighted by atomic mass is 16.5. The van der Waals surface area contributed by atoms with Crippen LogP contribution < -0.4 is 10.9 Å². The first-order chi connectivity index (χ1) is 17.5. The minimum atomic E-state index is -0.859. The van der Waals surface area contributed by atoms with Crippen LogP contribution >= 0.6 is 0 Å². The van der Waals surface area contributed by atoms with E-state index in [-0.39, 0.29) is 35.7 Å². The molecule has 36 heavy (non-hydrogen) atoms.